The number of imide groups is 1. The van der Waals surface area contributed by atoms with E-state index in [9.17, 15) is 9.59 Å². The Kier molecular flexibility index (Phi) is 2.97. The number of anilines is 1. The lowest BCUT2D eigenvalue weighted by molar-refractivity contribution is 0.0927. The van der Waals surface area contributed by atoms with Gasteiger partial charge < -0.3 is 0 Å². The van der Waals surface area contributed by atoms with Crippen molar-refractivity contribution in [2.75, 3.05) is 4.90 Å². The zero-order valence-electron chi connectivity index (χ0n) is 14.1. The molecule has 0 saturated carbocycles. The summed E-state index contributed by atoms with van der Waals surface area (Å²) in [4.78, 5) is 32.1. The molecule has 5 rings (SSSR count). The van der Waals surface area contributed by atoms with E-state index in [4.69, 9.17) is 4.98 Å². The van der Waals surface area contributed by atoms with Gasteiger partial charge in [-0.05, 0) is 36.8 Å². The summed E-state index contributed by atoms with van der Waals surface area (Å²) >= 11 is 0. The van der Waals surface area contributed by atoms with E-state index in [0.29, 0.717) is 16.8 Å². The van der Waals surface area contributed by atoms with Gasteiger partial charge in [-0.2, -0.15) is 0 Å². The molecule has 0 fully saturated rings. The lowest BCUT2D eigenvalue weighted by atomic mass is 10.0. The minimum atomic E-state index is -0.288. The summed E-state index contributed by atoms with van der Waals surface area (Å²) in [5.41, 5.74) is 4.11. The molecule has 1 aromatic heterocycles. The van der Waals surface area contributed by atoms with E-state index in [1.54, 1.807) is 24.3 Å². The summed E-state index contributed by atoms with van der Waals surface area (Å²) in [6.07, 6.45) is 0. The Bertz CT molecular complexity index is 1210. The highest BCUT2D eigenvalue weighted by molar-refractivity contribution is 6.38. The van der Waals surface area contributed by atoms with Crippen molar-refractivity contribution < 1.29 is 9.59 Å². The van der Waals surface area contributed by atoms with Crippen LogP contribution >= 0.6 is 0 Å². The van der Waals surface area contributed by atoms with Crippen LogP contribution in [-0.4, -0.2) is 16.8 Å². The normalized spacial score (nSPS) is 13.7. The van der Waals surface area contributed by atoms with Gasteiger partial charge in [0, 0.05) is 10.8 Å². The number of hydrogen-bond donors (Lipinski definition) is 0. The highest BCUT2D eigenvalue weighted by Gasteiger charge is 2.38. The molecule has 0 unspecified atom stereocenters. The molecule has 4 heteroatoms. The standard InChI is InChI=1S/C22H14N2O2/c1-13-10-11-17-19(12-13)23-18-9-5-4-8-16(18)20(17)24-21(25)14-6-2-3-7-15(14)22(24)26/h2-12H,1H3. The average Bonchev–Trinajstić information content (AvgIpc) is 2.91. The second-order valence-corrected chi connectivity index (χ2v) is 6.49. The van der Waals surface area contributed by atoms with Gasteiger partial charge in [0.2, 0.25) is 0 Å². The fraction of sp³-hybridized carbons (Fsp3) is 0.0455. The molecule has 26 heavy (non-hydrogen) atoms. The van der Waals surface area contributed by atoms with Crippen molar-refractivity contribution in [1.82, 2.24) is 4.98 Å². The topological polar surface area (TPSA) is 50.3 Å². The molecule has 0 aliphatic carbocycles. The van der Waals surface area contributed by atoms with Gasteiger partial charge in [-0.1, -0.05) is 42.5 Å². The van der Waals surface area contributed by atoms with Crippen molar-refractivity contribution >= 4 is 39.3 Å². The van der Waals surface area contributed by atoms with Gasteiger partial charge in [0.05, 0.1) is 27.8 Å². The Morgan fingerprint density at radius 2 is 1.35 bits per heavy atom. The molecular weight excluding hydrogens is 324 g/mol. The second kappa shape index (κ2) is 5.23. The van der Waals surface area contributed by atoms with Crippen LogP contribution in [0.2, 0.25) is 0 Å². The summed E-state index contributed by atoms with van der Waals surface area (Å²) < 4.78 is 0. The van der Waals surface area contributed by atoms with Crippen molar-refractivity contribution in [3.05, 3.63) is 83.4 Å². The van der Waals surface area contributed by atoms with Crippen molar-refractivity contribution in [2.45, 2.75) is 6.92 Å². The number of rotatable bonds is 1. The zero-order valence-corrected chi connectivity index (χ0v) is 14.1. The Morgan fingerprint density at radius 1 is 0.731 bits per heavy atom. The number of carbonyl (C=O) groups is 2. The van der Waals surface area contributed by atoms with Crippen LogP contribution in [0.1, 0.15) is 26.3 Å². The van der Waals surface area contributed by atoms with Crippen LogP contribution in [0, 0.1) is 6.92 Å². The van der Waals surface area contributed by atoms with Crippen LogP contribution in [0.15, 0.2) is 66.7 Å². The molecule has 0 atom stereocenters. The quantitative estimate of drug-likeness (QED) is 0.379. The first-order valence-electron chi connectivity index (χ1n) is 8.42. The number of amides is 2. The number of para-hydroxylation sites is 1. The summed E-state index contributed by atoms with van der Waals surface area (Å²) in [7, 11) is 0. The molecule has 2 heterocycles. The summed E-state index contributed by atoms with van der Waals surface area (Å²) in [5, 5.41) is 1.59. The second-order valence-electron chi connectivity index (χ2n) is 6.49. The third-order valence-corrected chi connectivity index (χ3v) is 4.83. The number of aryl methyl sites for hydroxylation is 1. The molecule has 0 N–H and O–H groups in total. The number of pyridine rings is 1. The first-order chi connectivity index (χ1) is 12.6. The summed E-state index contributed by atoms with van der Waals surface area (Å²) in [6, 6.07) is 20.4. The van der Waals surface area contributed by atoms with Crippen LogP contribution in [-0.2, 0) is 0 Å². The van der Waals surface area contributed by atoms with Crippen LogP contribution in [0.3, 0.4) is 0 Å². The Morgan fingerprint density at radius 3 is 2.08 bits per heavy atom. The highest BCUT2D eigenvalue weighted by Crippen LogP contribution is 2.38. The predicted molar refractivity (Wildman–Crippen MR) is 102 cm³/mol. The molecule has 1 aliphatic rings. The molecule has 1 aliphatic heterocycles. The van der Waals surface area contributed by atoms with Gasteiger partial charge in [-0.15, -0.1) is 0 Å². The smallest absolute Gasteiger partial charge is 0.266 e. The highest BCUT2D eigenvalue weighted by atomic mass is 16.2. The number of fused-ring (bicyclic) bond motifs is 3. The van der Waals surface area contributed by atoms with Gasteiger partial charge in [0.25, 0.3) is 11.8 Å². The first-order valence-corrected chi connectivity index (χ1v) is 8.42. The Labute approximate surface area is 149 Å². The van der Waals surface area contributed by atoms with Gasteiger partial charge in [0.1, 0.15) is 0 Å². The lowest BCUT2D eigenvalue weighted by Gasteiger charge is -2.19. The van der Waals surface area contributed by atoms with Crippen molar-refractivity contribution in [2.24, 2.45) is 0 Å². The van der Waals surface area contributed by atoms with E-state index in [2.05, 4.69) is 0 Å². The van der Waals surface area contributed by atoms with E-state index in [0.717, 1.165) is 27.4 Å². The molecule has 3 aromatic carbocycles. The monoisotopic (exact) mass is 338 g/mol. The van der Waals surface area contributed by atoms with E-state index in [1.807, 2.05) is 49.4 Å². The van der Waals surface area contributed by atoms with Crippen LogP contribution in [0.5, 0.6) is 0 Å². The fourth-order valence-corrected chi connectivity index (χ4v) is 3.61. The minimum Gasteiger partial charge on any atom is -0.268 e. The summed E-state index contributed by atoms with van der Waals surface area (Å²) in [6.45, 7) is 2.00. The lowest BCUT2D eigenvalue weighted by Crippen LogP contribution is -2.29. The molecule has 0 spiro atoms. The summed E-state index contributed by atoms with van der Waals surface area (Å²) in [5.74, 6) is -0.576. The molecule has 0 radical (unpaired) electrons. The Hall–Kier alpha value is -3.53. The van der Waals surface area contributed by atoms with Crippen LogP contribution < -0.4 is 4.90 Å². The maximum absolute atomic E-state index is 13.0. The van der Waals surface area contributed by atoms with Crippen molar-refractivity contribution in [3.63, 3.8) is 0 Å². The van der Waals surface area contributed by atoms with Crippen molar-refractivity contribution in [3.8, 4) is 0 Å². The van der Waals surface area contributed by atoms with Gasteiger partial charge in [-0.25, -0.2) is 9.88 Å². The SMILES string of the molecule is Cc1ccc2c(N3C(=O)c4ccccc4C3=O)c3ccccc3nc2c1. The maximum atomic E-state index is 13.0. The molecule has 2 amide bonds. The number of benzene rings is 3. The molecule has 4 nitrogen and oxygen atoms in total. The van der Waals surface area contributed by atoms with Crippen LogP contribution in [0.4, 0.5) is 5.69 Å². The van der Waals surface area contributed by atoms with E-state index < -0.39 is 0 Å². The number of carbonyl (C=O) groups excluding carboxylic acids is 2. The third-order valence-electron chi connectivity index (χ3n) is 4.83. The van der Waals surface area contributed by atoms with Crippen molar-refractivity contribution in [1.29, 1.82) is 0 Å². The van der Waals surface area contributed by atoms with Gasteiger partial charge >= 0.3 is 0 Å². The molecule has 124 valence electrons. The zero-order chi connectivity index (χ0) is 17.8. The average molecular weight is 338 g/mol. The molecule has 0 bridgehead atoms. The van der Waals surface area contributed by atoms with E-state index in [-0.39, 0.29) is 11.8 Å². The predicted octanol–water partition coefficient (Wildman–Crippen LogP) is 4.50. The largest absolute Gasteiger partial charge is 0.268 e. The minimum absolute atomic E-state index is 0.288. The third kappa shape index (κ3) is 1.93. The number of hydrogen-bond acceptors (Lipinski definition) is 3. The Balaban J connectivity index is 1.89. The van der Waals surface area contributed by atoms with Gasteiger partial charge in [-0.3, -0.25) is 9.59 Å². The first kappa shape index (κ1) is 14.8. The maximum Gasteiger partial charge on any atom is 0.266 e. The molecule has 0 saturated heterocycles. The van der Waals surface area contributed by atoms with Crippen LogP contribution in [0.25, 0.3) is 21.8 Å². The van der Waals surface area contributed by atoms with Gasteiger partial charge in [0.15, 0.2) is 0 Å². The van der Waals surface area contributed by atoms with E-state index >= 15 is 0 Å². The van der Waals surface area contributed by atoms with E-state index in [1.165, 1.54) is 4.90 Å². The number of nitrogens with zero attached hydrogens (tertiary/aromatic N) is 2. The molecular formula is C22H14N2O2. The molecule has 4 aromatic rings. The fourth-order valence-electron chi connectivity index (χ4n) is 3.61. The number of aromatic nitrogens is 1.